The quantitative estimate of drug-likeness (QED) is 0.661. The molecule has 1 heterocycles. The van der Waals surface area contributed by atoms with Gasteiger partial charge >= 0.3 is 6.01 Å². The van der Waals surface area contributed by atoms with Crippen molar-refractivity contribution in [3.63, 3.8) is 0 Å². The van der Waals surface area contributed by atoms with E-state index in [1.165, 1.54) is 5.56 Å². The van der Waals surface area contributed by atoms with Gasteiger partial charge in [-0.2, -0.15) is 0 Å². The highest BCUT2D eigenvalue weighted by atomic mass is 35.5. The number of ether oxygens (including phenoxy) is 1. The van der Waals surface area contributed by atoms with Gasteiger partial charge in [-0.15, -0.1) is 5.10 Å². The maximum Gasteiger partial charge on any atom is 0.312 e. The van der Waals surface area contributed by atoms with Crippen molar-refractivity contribution in [3.05, 3.63) is 70.6 Å². The smallest absolute Gasteiger partial charge is 0.312 e. The zero-order valence-corrected chi connectivity index (χ0v) is 14.8. The molecule has 0 spiro atoms. The fourth-order valence-electron chi connectivity index (χ4n) is 2.95. The summed E-state index contributed by atoms with van der Waals surface area (Å²) in [5, 5.41) is 11.6. The number of nitrogens with two attached hydrogens (primary N) is 1. The van der Waals surface area contributed by atoms with Gasteiger partial charge in [0, 0.05) is 17.0 Å². The van der Waals surface area contributed by atoms with Crippen LogP contribution < -0.4 is 15.8 Å². The van der Waals surface area contributed by atoms with Gasteiger partial charge in [-0.1, -0.05) is 41.0 Å². The van der Waals surface area contributed by atoms with Gasteiger partial charge in [-0.25, -0.2) is 0 Å². The molecule has 0 bridgehead atoms. The molecule has 7 heteroatoms. The molecule has 0 aliphatic heterocycles. The number of anilines is 1. The van der Waals surface area contributed by atoms with Gasteiger partial charge in [-0.05, 0) is 41.8 Å². The number of hydrogen-bond acceptors (Lipinski definition) is 6. The molecule has 1 aliphatic carbocycles. The van der Waals surface area contributed by atoms with E-state index in [4.69, 9.17) is 26.5 Å². The molecule has 1 aliphatic rings. The summed E-state index contributed by atoms with van der Waals surface area (Å²) < 4.78 is 11.0. The van der Waals surface area contributed by atoms with Crippen molar-refractivity contribution in [2.24, 2.45) is 0 Å². The molecule has 1 fully saturated rings. The standard InChI is InChI=1S/C19H19ClN4O2/c20-14-3-1-2-12(8-14)11-25-15-6-4-13(5-7-15)16-9-17(16)22-10-18-23-24-19(21)26-18/h1-8,16-17,22H,9-11H2,(H2,21,24)/t16-,17+/m0/s1. The molecule has 0 unspecified atom stereocenters. The predicted molar refractivity (Wildman–Crippen MR) is 98.9 cm³/mol. The molecular formula is C19H19ClN4O2. The monoisotopic (exact) mass is 370 g/mol. The second-order valence-corrected chi connectivity index (χ2v) is 6.79. The third-order valence-corrected chi connectivity index (χ3v) is 4.63. The average Bonchev–Trinajstić information content (AvgIpc) is 3.31. The largest absolute Gasteiger partial charge is 0.489 e. The van der Waals surface area contributed by atoms with Crippen LogP contribution in [0, 0.1) is 0 Å². The zero-order valence-electron chi connectivity index (χ0n) is 14.1. The summed E-state index contributed by atoms with van der Waals surface area (Å²) in [5.74, 6) is 1.86. The highest BCUT2D eigenvalue weighted by Gasteiger charge is 2.38. The molecule has 3 aromatic rings. The number of nitrogen functional groups attached to an aromatic ring is 1. The van der Waals surface area contributed by atoms with Crippen molar-refractivity contribution in [2.45, 2.75) is 31.5 Å². The van der Waals surface area contributed by atoms with Crippen LogP contribution in [0.1, 0.15) is 29.4 Å². The summed E-state index contributed by atoms with van der Waals surface area (Å²) in [6, 6.07) is 16.5. The lowest BCUT2D eigenvalue weighted by Crippen LogP contribution is -2.17. The molecule has 2 aromatic carbocycles. The number of rotatable bonds is 7. The molecular weight excluding hydrogens is 352 g/mol. The third kappa shape index (κ3) is 4.15. The number of nitrogens with zero attached hydrogens (tertiary/aromatic N) is 2. The lowest BCUT2D eigenvalue weighted by molar-refractivity contribution is 0.306. The van der Waals surface area contributed by atoms with Crippen LogP contribution in [0.2, 0.25) is 5.02 Å². The van der Waals surface area contributed by atoms with Crippen molar-refractivity contribution >= 4 is 17.6 Å². The lowest BCUT2D eigenvalue weighted by Gasteiger charge is -2.08. The molecule has 134 valence electrons. The van der Waals surface area contributed by atoms with E-state index < -0.39 is 0 Å². The zero-order chi connectivity index (χ0) is 17.9. The number of benzene rings is 2. The number of nitrogens with one attached hydrogen (secondary N) is 1. The minimum absolute atomic E-state index is 0.0995. The fourth-order valence-corrected chi connectivity index (χ4v) is 3.16. The number of halogens is 1. The Morgan fingerprint density at radius 2 is 2.04 bits per heavy atom. The van der Waals surface area contributed by atoms with E-state index in [-0.39, 0.29) is 6.01 Å². The van der Waals surface area contributed by atoms with Crippen LogP contribution in [0.4, 0.5) is 6.01 Å². The molecule has 2 atom stereocenters. The van der Waals surface area contributed by atoms with Gasteiger partial charge in [0.1, 0.15) is 12.4 Å². The van der Waals surface area contributed by atoms with E-state index in [1.807, 2.05) is 36.4 Å². The van der Waals surface area contributed by atoms with Crippen LogP contribution in [0.25, 0.3) is 0 Å². The normalized spacial score (nSPS) is 18.7. The Morgan fingerprint density at radius 1 is 1.19 bits per heavy atom. The fraction of sp³-hybridized carbons (Fsp3) is 0.263. The van der Waals surface area contributed by atoms with Gasteiger partial charge in [0.05, 0.1) is 6.54 Å². The van der Waals surface area contributed by atoms with Crippen LogP contribution in [-0.2, 0) is 13.2 Å². The maximum atomic E-state index is 5.99. The summed E-state index contributed by atoms with van der Waals surface area (Å²) in [4.78, 5) is 0. The average molecular weight is 371 g/mol. The second-order valence-electron chi connectivity index (χ2n) is 6.35. The van der Waals surface area contributed by atoms with Crippen molar-refractivity contribution in [3.8, 4) is 5.75 Å². The first-order chi connectivity index (χ1) is 12.7. The van der Waals surface area contributed by atoms with Gasteiger partial charge < -0.3 is 20.2 Å². The minimum Gasteiger partial charge on any atom is -0.489 e. The Hall–Kier alpha value is -2.57. The predicted octanol–water partition coefficient (Wildman–Crippen LogP) is 3.53. The molecule has 3 N–H and O–H groups in total. The van der Waals surface area contributed by atoms with Crippen molar-refractivity contribution in [1.29, 1.82) is 0 Å². The van der Waals surface area contributed by atoms with Crippen LogP contribution >= 0.6 is 11.6 Å². The van der Waals surface area contributed by atoms with Gasteiger partial charge in [0.15, 0.2) is 0 Å². The number of aromatic nitrogens is 2. The molecule has 26 heavy (non-hydrogen) atoms. The SMILES string of the molecule is Nc1nnc(CN[C@@H]2C[C@H]2c2ccc(OCc3cccc(Cl)c3)cc2)o1. The second kappa shape index (κ2) is 7.35. The van der Waals surface area contributed by atoms with Crippen molar-refractivity contribution < 1.29 is 9.15 Å². The summed E-state index contributed by atoms with van der Waals surface area (Å²) in [6.07, 6.45) is 1.09. The van der Waals surface area contributed by atoms with Gasteiger partial charge in [0.2, 0.25) is 5.89 Å². The first-order valence-corrected chi connectivity index (χ1v) is 8.83. The maximum absolute atomic E-state index is 5.99. The van der Waals surface area contributed by atoms with Crippen LogP contribution in [0.15, 0.2) is 52.9 Å². The molecule has 1 saturated carbocycles. The first-order valence-electron chi connectivity index (χ1n) is 8.46. The van der Waals surface area contributed by atoms with Crippen molar-refractivity contribution in [1.82, 2.24) is 15.5 Å². The Balaban J connectivity index is 1.27. The lowest BCUT2D eigenvalue weighted by atomic mass is 10.1. The van der Waals surface area contributed by atoms with Crippen molar-refractivity contribution in [2.75, 3.05) is 5.73 Å². The van der Waals surface area contributed by atoms with E-state index >= 15 is 0 Å². The summed E-state index contributed by atoms with van der Waals surface area (Å²) in [6.45, 7) is 1.03. The van der Waals surface area contributed by atoms with E-state index in [9.17, 15) is 0 Å². The highest BCUT2D eigenvalue weighted by Crippen LogP contribution is 2.41. The third-order valence-electron chi connectivity index (χ3n) is 4.39. The van der Waals surface area contributed by atoms with Gasteiger partial charge in [-0.3, -0.25) is 0 Å². The number of hydrogen-bond donors (Lipinski definition) is 2. The molecule has 0 radical (unpaired) electrons. The minimum atomic E-state index is 0.0995. The summed E-state index contributed by atoms with van der Waals surface area (Å²) in [7, 11) is 0. The molecule has 0 saturated heterocycles. The van der Waals surface area contributed by atoms with Crippen LogP contribution in [0.5, 0.6) is 5.75 Å². The molecule has 0 amide bonds. The summed E-state index contributed by atoms with van der Waals surface area (Å²) >= 11 is 5.99. The van der Waals surface area contributed by atoms with Crippen LogP contribution in [-0.4, -0.2) is 16.2 Å². The Labute approximate surface area is 156 Å². The van der Waals surface area contributed by atoms with E-state index in [1.54, 1.807) is 0 Å². The molecule has 1 aromatic heterocycles. The topological polar surface area (TPSA) is 86.2 Å². The molecule has 6 nitrogen and oxygen atoms in total. The Kier molecular flexibility index (Phi) is 4.77. The Morgan fingerprint density at radius 3 is 2.77 bits per heavy atom. The van der Waals surface area contributed by atoms with E-state index in [0.717, 1.165) is 22.8 Å². The molecule has 4 rings (SSSR count). The van der Waals surface area contributed by atoms with Gasteiger partial charge in [0.25, 0.3) is 0 Å². The summed E-state index contributed by atoms with van der Waals surface area (Å²) in [5.41, 5.74) is 7.76. The van der Waals surface area contributed by atoms with E-state index in [2.05, 4.69) is 27.6 Å². The Bertz CT molecular complexity index is 881. The first kappa shape index (κ1) is 16.9. The highest BCUT2D eigenvalue weighted by molar-refractivity contribution is 6.30. The van der Waals surface area contributed by atoms with E-state index in [0.29, 0.717) is 31.0 Å². The van der Waals surface area contributed by atoms with Crippen LogP contribution in [0.3, 0.4) is 0 Å².